The van der Waals surface area contributed by atoms with E-state index in [1.54, 1.807) is 24.3 Å². The molecule has 0 unspecified atom stereocenters. The number of hydrogen-bond acceptors (Lipinski definition) is 5. The molecule has 0 fully saturated rings. The number of carboxylic acid groups (broad SMARTS) is 1. The molecule has 0 heterocycles. The van der Waals surface area contributed by atoms with Gasteiger partial charge in [0.1, 0.15) is 11.8 Å². The molecule has 0 aliphatic carbocycles. The number of aliphatic carboxylic acids is 1. The molecule has 25 heavy (non-hydrogen) atoms. The highest BCUT2D eigenvalue weighted by Crippen LogP contribution is 2.26. The molecule has 0 bridgehead atoms. The van der Waals surface area contributed by atoms with Gasteiger partial charge in [-0.05, 0) is 48.2 Å². The fraction of sp³-hybridized carbons (Fsp3) is 0.211. The minimum absolute atomic E-state index is 0.160. The molecule has 0 aliphatic rings. The van der Waals surface area contributed by atoms with Crippen molar-refractivity contribution in [2.45, 2.75) is 18.9 Å². The Balaban J connectivity index is 0.000000251. The third kappa shape index (κ3) is 6.97. The van der Waals surface area contributed by atoms with Crippen LogP contribution in [0, 0.1) is 0 Å². The summed E-state index contributed by atoms with van der Waals surface area (Å²) < 4.78 is 4.95. The number of allylic oxidation sites excluding steroid dienone is 1. The van der Waals surface area contributed by atoms with Gasteiger partial charge in [-0.3, -0.25) is 4.79 Å². The van der Waals surface area contributed by atoms with Gasteiger partial charge in [0.2, 0.25) is 0 Å². The minimum atomic E-state index is -1.02. The monoisotopic (exact) mass is 345 g/mol. The number of phenolic OH excluding ortho intramolecular Hbond substituents is 2. The van der Waals surface area contributed by atoms with Gasteiger partial charge in [0.25, 0.3) is 0 Å². The van der Waals surface area contributed by atoms with Gasteiger partial charge >= 0.3 is 5.97 Å². The Labute approximate surface area is 146 Å². The highest BCUT2D eigenvalue weighted by molar-refractivity contribution is 5.73. The third-order valence-electron chi connectivity index (χ3n) is 3.33. The van der Waals surface area contributed by atoms with Crippen LogP contribution in [0.3, 0.4) is 0 Å². The second kappa shape index (κ2) is 10.00. The minimum Gasteiger partial charge on any atom is -0.508 e. The molecular formula is C19H23NO5. The van der Waals surface area contributed by atoms with Gasteiger partial charge in [-0.25, -0.2) is 0 Å². The number of aromatic hydroxyl groups is 2. The van der Waals surface area contributed by atoms with Crippen LogP contribution >= 0.6 is 0 Å². The number of benzene rings is 2. The number of methoxy groups -OCH3 is 1. The maximum atomic E-state index is 10.4. The lowest BCUT2D eigenvalue weighted by Gasteiger charge is -2.05. The Morgan fingerprint density at radius 2 is 1.80 bits per heavy atom. The second-order valence-corrected chi connectivity index (χ2v) is 5.31. The number of phenols is 2. The van der Waals surface area contributed by atoms with Crippen molar-refractivity contribution in [2.24, 2.45) is 5.73 Å². The lowest BCUT2D eigenvalue weighted by Crippen LogP contribution is -2.32. The second-order valence-electron chi connectivity index (χ2n) is 5.31. The summed E-state index contributed by atoms with van der Waals surface area (Å²) >= 11 is 0. The summed E-state index contributed by atoms with van der Waals surface area (Å²) in [5, 5.41) is 26.7. The highest BCUT2D eigenvalue weighted by atomic mass is 16.5. The molecule has 2 rings (SSSR count). The first-order valence-electron chi connectivity index (χ1n) is 7.60. The number of carboxylic acids is 1. The summed E-state index contributed by atoms with van der Waals surface area (Å²) in [6, 6.07) is 10.7. The molecule has 5 N–H and O–H groups in total. The molecular weight excluding hydrogens is 322 g/mol. The van der Waals surface area contributed by atoms with E-state index in [1.807, 2.05) is 12.1 Å². The van der Waals surface area contributed by atoms with Crippen molar-refractivity contribution in [1.82, 2.24) is 0 Å². The molecule has 0 amide bonds. The summed E-state index contributed by atoms with van der Waals surface area (Å²) in [6.07, 6.45) is 2.87. The molecule has 0 aliphatic heterocycles. The van der Waals surface area contributed by atoms with Gasteiger partial charge < -0.3 is 25.8 Å². The molecule has 2 aromatic rings. The van der Waals surface area contributed by atoms with Gasteiger partial charge in [-0.2, -0.15) is 0 Å². The van der Waals surface area contributed by atoms with Gasteiger partial charge in [0.05, 0.1) is 7.11 Å². The van der Waals surface area contributed by atoms with Crippen LogP contribution in [0.5, 0.6) is 17.2 Å². The Bertz CT molecular complexity index is 697. The van der Waals surface area contributed by atoms with E-state index in [0.29, 0.717) is 5.75 Å². The zero-order chi connectivity index (χ0) is 18.8. The first-order valence-corrected chi connectivity index (χ1v) is 7.60. The van der Waals surface area contributed by atoms with Gasteiger partial charge in [-0.15, -0.1) is 6.58 Å². The van der Waals surface area contributed by atoms with E-state index < -0.39 is 12.0 Å². The number of nitrogens with two attached hydrogens (primary N) is 1. The number of rotatable bonds is 6. The number of hydrogen-bond donors (Lipinski definition) is 4. The maximum absolute atomic E-state index is 10.4. The zero-order valence-electron chi connectivity index (χ0n) is 14.1. The van der Waals surface area contributed by atoms with Crippen LogP contribution in [-0.2, 0) is 17.6 Å². The topological polar surface area (TPSA) is 113 Å². The predicted molar refractivity (Wildman–Crippen MR) is 96.0 cm³/mol. The molecule has 2 aromatic carbocycles. The normalized spacial score (nSPS) is 11.0. The van der Waals surface area contributed by atoms with E-state index in [2.05, 4.69) is 6.58 Å². The van der Waals surface area contributed by atoms with E-state index in [4.69, 9.17) is 20.7 Å². The Morgan fingerprint density at radius 3 is 2.32 bits per heavy atom. The van der Waals surface area contributed by atoms with E-state index in [1.165, 1.54) is 19.2 Å². The van der Waals surface area contributed by atoms with Crippen LogP contribution in [0.2, 0.25) is 0 Å². The molecule has 1 atom stereocenters. The molecule has 6 heteroatoms. The Kier molecular flexibility index (Phi) is 8.02. The zero-order valence-corrected chi connectivity index (χ0v) is 14.1. The van der Waals surface area contributed by atoms with E-state index in [-0.39, 0.29) is 17.9 Å². The quantitative estimate of drug-likeness (QED) is 0.598. The lowest BCUT2D eigenvalue weighted by atomic mass is 10.1. The molecule has 0 spiro atoms. The Hall–Kier alpha value is -2.99. The van der Waals surface area contributed by atoms with Gasteiger partial charge in [0, 0.05) is 0 Å². The number of ether oxygens (including phenoxy) is 1. The van der Waals surface area contributed by atoms with Gasteiger partial charge in [-0.1, -0.05) is 24.3 Å². The van der Waals surface area contributed by atoms with Crippen molar-refractivity contribution in [2.75, 3.05) is 7.11 Å². The third-order valence-corrected chi connectivity index (χ3v) is 3.33. The molecule has 0 aromatic heterocycles. The van der Waals surface area contributed by atoms with E-state index in [0.717, 1.165) is 17.5 Å². The predicted octanol–water partition coefficient (Wildman–Crippen LogP) is 2.48. The van der Waals surface area contributed by atoms with Crippen LogP contribution in [0.25, 0.3) is 0 Å². The lowest BCUT2D eigenvalue weighted by molar-refractivity contribution is -0.138. The fourth-order valence-electron chi connectivity index (χ4n) is 1.99. The summed E-state index contributed by atoms with van der Waals surface area (Å²) in [4.78, 5) is 10.4. The van der Waals surface area contributed by atoms with Crippen molar-refractivity contribution in [3.63, 3.8) is 0 Å². The van der Waals surface area contributed by atoms with E-state index in [9.17, 15) is 9.90 Å². The maximum Gasteiger partial charge on any atom is 0.320 e. The van der Waals surface area contributed by atoms with Gasteiger partial charge in [0.15, 0.2) is 11.5 Å². The smallest absolute Gasteiger partial charge is 0.320 e. The fourth-order valence-corrected chi connectivity index (χ4v) is 1.99. The molecule has 0 saturated heterocycles. The molecule has 134 valence electrons. The van der Waals surface area contributed by atoms with Crippen LogP contribution in [0.15, 0.2) is 55.1 Å². The molecule has 6 nitrogen and oxygen atoms in total. The van der Waals surface area contributed by atoms with Crippen LogP contribution in [0.1, 0.15) is 11.1 Å². The summed E-state index contributed by atoms with van der Waals surface area (Å²) in [5.74, 6) is -0.180. The average Bonchev–Trinajstić information content (AvgIpc) is 2.59. The highest BCUT2D eigenvalue weighted by Gasteiger charge is 2.11. The standard InChI is InChI=1S/C10H12O2.C9H11NO3/c1-3-4-8-5-6-9(11)10(7-8)12-2;10-8(9(12)13)5-6-1-3-7(11)4-2-6/h3,5-7,11H,1,4H2,2H3;1-4,8,11H,5,10H2,(H,12,13)/t;8-/m.0/s1. The van der Waals surface area contributed by atoms with Crippen molar-refractivity contribution in [3.8, 4) is 17.2 Å². The first-order chi connectivity index (χ1) is 11.9. The van der Waals surface area contributed by atoms with Crippen molar-refractivity contribution < 1.29 is 24.9 Å². The van der Waals surface area contributed by atoms with Crippen molar-refractivity contribution >= 4 is 5.97 Å². The molecule has 0 saturated carbocycles. The molecule has 0 radical (unpaired) electrons. The van der Waals surface area contributed by atoms with Crippen LogP contribution < -0.4 is 10.5 Å². The van der Waals surface area contributed by atoms with Crippen molar-refractivity contribution in [3.05, 3.63) is 66.2 Å². The largest absolute Gasteiger partial charge is 0.508 e. The van der Waals surface area contributed by atoms with Crippen LogP contribution in [0.4, 0.5) is 0 Å². The summed E-state index contributed by atoms with van der Waals surface area (Å²) in [7, 11) is 1.53. The average molecular weight is 345 g/mol. The van der Waals surface area contributed by atoms with Crippen LogP contribution in [-0.4, -0.2) is 34.4 Å². The number of carbonyl (C=O) groups is 1. The summed E-state index contributed by atoms with van der Waals surface area (Å²) in [5.41, 5.74) is 7.21. The Morgan fingerprint density at radius 1 is 1.20 bits per heavy atom. The SMILES string of the molecule is C=CCc1ccc(O)c(OC)c1.N[C@@H](Cc1ccc(O)cc1)C(=O)O. The van der Waals surface area contributed by atoms with E-state index >= 15 is 0 Å². The first kappa shape index (κ1) is 20.1. The summed E-state index contributed by atoms with van der Waals surface area (Å²) in [6.45, 7) is 3.63. The van der Waals surface area contributed by atoms with Crippen molar-refractivity contribution in [1.29, 1.82) is 0 Å².